The SMILES string of the molecule is O=C(O)CNCCS(=O)(=O)c1ccc(O)c(N=Nc2c(O)c(S(=O)(=O)O)cc3cc(S(=O)(=O)O)ccc23)c1. The molecule has 3 aromatic carbocycles. The van der Waals surface area contributed by atoms with Gasteiger partial charge in [-0.3, -0.25) is 13.9 Å². The second-order valence-electron chi connectivity index (χ2n) is 7.64. The van der Waals surface area contributed by atoms with Crippen molar-refractivity contribution in [3.8, 4) is 11.5 Å². The summed E-state index contributed by atoms with van der Waals surface area (Å²) in [6.45, 7) is -0.656. The molecule has 204 valence electrons. The van der Waals surface area contributed by atoms with Gasteiger partial charge in [-0.1, -0.05) is 6.07 Å². The van der Waals surface area contributed by atoms with Crippen LogP contribution in [-0.2, 0) is 34.9 Å². The maximum absolute atomic E-state index is 12.6. The van der Waals surface area contributed by atoms with Gasteiger partial charge in [-0.05, 0) is 41.8 Å². The van der Waals surface area contributed by atoms with Gasteiger partial charge in [0.15, 0.2) is 15.6 Å². The molecular formula is C20H19N3O12S3. The molecule has 0 unspecified atom stereocenters. The molecule has 0 atom stereocenters. The zero-order valence-corrected chi connectivity index (χ0v) is 21.3. The van der Waals surface area contributed by atoms with Crippen molar-refractivity contribution in [2.24, 2.45) is 10.2 Å². The third-order valence-electron chi connectivity index (χ3n) is 4.99. The minimum atomic E-state index is -5.06. The molecule has 0 radical (unpaired) electrons. The van der Waals surface area contributed by atoms with Gasteiger partial charge < -0.3 is 20.6 Å². The Hall–Kier alpha value is -3.68. The Morgan fingerprint density at radius 3 is 2.11 bits per heavy atom. The summed E-state index contributed by atoms with van der Waals surface area (Å²) in [5.74, 6) is -3.33. The molecule has 3 rings (SSSR count). The molecule has 0 fully saturated rings. The molecule has 0 heterocycles. The fourth-order valence-corrected chi connectivity index (χ4v) is 5.54. The van der Waals surface area contributed by atoms with Crippen molar-refractivity contribution < 1.29 is 54.5 Å². The lowest BCUT2D eigenvalue weighted by Crippen LogP contribution is -2.28. The number of fused-ring (bicyclic) bond motifs is 1. The molecule has 0 aliphatic carbocycles. The van der Waals surface area contributed by atoms with Crippen LogP contribution < -0.4 is 5.32 Å². The van der Waals surface area contributed by atoms with E-state index in [4.69, 9.17) is 5.11 Å². The second kappa shape index (κ2) is 10.6. The molecule has 15 nitrogen and oxygen atoms in total. The van der Waals surface area contributed by atoms with Crippen molar-refractivity contribution in [3.63, 3.8) is 0 Å². The van der Waals surface area contributed by atoms with Crippen molar-refractivity contribution in [2.45, 2.75) is 14.7 Å². The Kier molecular flexibility index (Phi) is 8.05. The van der Waals surface area contributed by atoms with Crippen molar-refractivity contribution >= 4 is 58.2 Å². The maximum atomic E-state index is 12.6. The highest BCUT2D eigenvalue weighted by Crippen LogP contribution is 2.42. The Morgan fingerprint density at radius 2 is 1.50 bits per heavy atom. The number of phenolic OH excluding ortho intramolecular Hbond substituents is 2. The average molecular weight is 590 g/mol. The number of carboxylic acids is 1. The van der Waals surface area contributed by atoms with E-state index >= 15 is 0 Å². The quantitative estimate of drug-likeness (QED) is 0.112. The summed E-state index contributed by atoms with van der Waals surface area (Å²) >= 11 is 0. The molecular weight excluding hydrogens is 570 g/mol. The van der Waals surface area contributed by atoms with Gasteiger partial charge in [0.1, 0.15) is 22.0 Å². The number of sulfone groups is 1. The Balaban J connectivity index is 2.10. The number of carbonyl (C=O) groups is 1. The summed E-state index contributed by atoms with van der Waals surface area (Å²) in [5.41, 5.74) is -1.02. The van der Waals surface area contributed by atoms with Crippen LogP contribution in [0.1, 0.15) is 0 Å². The number of aromatic hydroxyl groups is 2. The molecule has 38 heavy (non-hydrogen) atoms. The summed E-state index contributed by atoms with van der Waals surface area (Å²) in [4.78, 5) is 8.52. The first-order chi connectivity index (χ1) is 17.5. The van der Waals surface area contributed by atoms with Gasteiger partial charge in [-0.15, -0.1) is 10.2 Å². The van der Waals surface area contributed by atoms with E-state index in [1.807, 2.05) is 0 Å². The van der Waals surface area contributed by atoms with Crippen LogP contribution in [0, 0.1) is 0 Å². The number of hydrogen-bond donors (Lipinski definition) is 6. The Labute approximate surface area is 215 Å². The van der Waals surface area contributed by atoms with Crippen LogP contribution >= 0.6 is 0 Å². The normalized spacial score (nSPS) is 12.8. The monoisotopic (exact) mass is 589 g/mol. The van der Waals surface area contributed by atoms with Crippen LogP contribution in [0.4, 0.5) is 11.4 Å². The summed E-state index contributed by atoms with van der Waals surface area (Å²) in [6, 6.07) is 6.53. The number of carboxylic acid groups (broad SMARTS) is 1. The number of benzene rings is 3. The van der Waals surface area contributed by atoms with E-state index in [1.54, 1.807) is 0 Å². The van der Waals surface area contributed by atoms with Gasteiger partial charge in [0.25, 0.3) is 20.2 Å². The van der Waals surface area contributed by atoms with Gasteiger partial charge >= 0.3 is 5.97 Å². The molecule has 0 aromatic heterocycles. The van der Waals surface area contributed by atoms with E-state index in [-0.39, 0.29) is 22.2 Å². The van der Waals surface area contributed by atoms with Crippen molar-refractivity contribution in [1.29, 1.82) is 0 Å². The van der Waals surface area contributed by atoms with Gasteiger partial charge in [-0.2, -0.15) is 16.8 Å². The average Bonchev–Trinajstić information content (AvgIpc) is 2.80. The van der Waals surface area contributed by atoms with Crippen molar-refractivity contribution in [2.75, 3.05) is 18.8 Å². The molecule has 0 spiro atoms. The summed E-state index contributed by atoms with van der Waals surface area (Å²) in [6.07, 6.45) is 0. The lowest BCUT2D eigenvalue weighted by Gasteiger charge is -2.10. The van der Waals surface area contributed by atoms with Crippen molar-refractivity contribution in [1.82, 2.24) is 5.32 Å². The fraction of sp³-hybridized carbons (Fsp3) is 0.150. The first kappa shape index (κ1) is 28.9. The minimum Gasteiger partial charge on any atom is -0.506 e. The number of hydrogen-bond acceptors (Lipinski definition) is 12. The van der Waals surface area contributed by atoms with Crippen LogP contribution in [0.15, 0.2) is 67.4 Å². The van der Waals surface area contributed by atoms with Crippen LogP contribution in [0.5, 0.6) is 11.5 Å². The van der Waals surface area contributed by atoms with Crippen LogP contribution in [0.2, 0.25) is 0 Å². The highest BCUT2D eigenvalue weighted by Gasteiger charge is 2.23. The fourth-order valence-electron chi connectivity index (χ4n) is 3.19. The predicted molar refractivity (Wildman–Crippen MR) is 130 cm³/mol. The van der Waals surface area contributed by atoms with E-state index in [9.17, 15) is 49.4 Å². The first-order valence-electron chi connectivity index (χ1n) is 10.2. The first-order valence-corrected chi connectivity index (χ1v) is 14.7. The lowest BCUT2D eigenvalue weighted by molar-refractivity contribution is -0.135. The van der Waals surface area contributed by atoms with E-state index in [2.05, 4.69) is 15.5 Å². The minimum absolute atomic E-state index is 0.0844. The zero-order valence-electron chi connectivity index (χ0n) is 18.9. The van der Waals surface area contributed by atoms with Gasteiger partial charge in [0.2, 0.25) is 0 Å². The molecule has 0 saturated carbocycles. The smallest absolute Gasteiger partial charge is 0.317 e. The molecule has 0 aliphatic heterocycles. The van der Waals surface area contributed by atoms with Gasteiger partial charge in [0.05, 0.1) is 22.1 Å². The number of nitrogens with zero attached hydrogens (tertiary/aromatic N) is 2. The zero-order chi connectivity index (χ0) is 28.5. The van der Waals surface area contributed by atoms with Crippen LogP contribution in [0.25, 0.3) is 10.8 Å². The predicted octanol–water partition coefficient (Wildman–Crippen LogP) is 1.61. The highest BCUT2D eigenvalue weighted by molar-refractivity contribution is 7.91. The third-order valence-corrected chi connectivity index (χ3v) is 8.42. The van der Waals surface area contributed by atoms with Gasteiger partial charge in [-0.25, -0.2) is 8.42 Å². The van der Waals surface area contributed by atoms with E-state index < -0.39 is 81.0 Å². The molecule has 3 aromatic rings. The summed E-state index contributed by atoms with van der Waals surface area (Å²) in [7, 11) is -13.8. The Morgan fingerprint density at radius 1 is 0.842 bits per heavy atom. The van der Waals surface area contributed by atoms with Crippen LogP contribution in [-0.4, -0.2) is 74.5 Å². The second-order valence-corrected chi connectivity index (χ2v) is 12.6. The molecule has 6 N–H and O–H groups in total. The number of aliphatic carboxylic acids is 1. The topological polar surface area (TPSA) is 257 Å². The standard InChI is InChI=1S/C20H19N3O12S3/c24-16-4-2-12(36(28,29)6-5-21-10-18(25)26)9-15(16)22-23-19-14-3-1-13(37(30,31)32)7-11(14)8-17(20(19)27)38(33,34)35/h1-4,7-9,21,24,27H,5-6,10H2,(H,25,26)(H,30,31,32)(H,33,34,35). The molecule has 0 saturated heterocycles. The van der Waals surface area contributed by atoms with Gasteiger partial charge in [0, 0.05) is 11.9 Å². The number of nitrogens with one attached hydrogen (secondary N) is 1. The van der Waals surface area contributed by atoms with E-state index in [0.29, 0.717) is 0 Å². The molecule has 0 amide bonds. The number of rotatable bonds is 10. The largest absolute Gasteiger partial charge is 0.506 e. The summed E-state index contributed by atoms with van der Waals surface area (Å²) < 4.78 is 90.4. The highest BCUT2D eigenvalue weighted by atomic mass is 32.2. The van der Waals surface area contributed by atoms with E-state index in [0.717, 1.165) is 42.5 Å². The third kappa shape index (κ3) is 6.60. The molecule has 18 heteroatoms. The maximum Gasteiger partial charge on any atom is 0.317 e. The van der Waals surface area contributed by atoms with E-state index in [1.165, 1.54) is 0 Å². The molecule has 0 aliphatic rings. The van der Waals surface area contributed by atoms with Crippen molar-refractivity contribution in [3.05, 3.63) is 42.5 Å². The molecule has 0 bridgehead atoms. The lowest BCUT2D eigenvalue weighted by atomic mass is 10.1. The number of phenols is 2. The van der Waals surface area contributed by atoms with Crippen LogP contribution in [0.3, 0.4) is 0 Å². The Bertz CT molecular complexity index is 1780. The number of azo groups is 1. The summed E-state index contributed by atoms with van der Waals surface area (Å²) in [5, 5.41) is 38.7.